The maximum atomic E-state index is 11.8. The Morgan fingerprint density at radius 3 is 2.50 bits per heavy atom. The Bertz CT molecular complexity index is 419. The van der Waals surface area contributed by atoms with Gasteiger partial charge >= 0.3 is 0 Å². The molecule has 0 aliphatic heterocycles. The fourth-order valence-electron chi connectivity index (χ4n) is 2.77. The van der Waals surface area contributed by atoms with Gasteiger partial charge in [0.15, 0.2) is 0 Å². The number of nitrogens with zero attached hydrogens (tertiary/aromatic N) is 2. The van der Waals surface area contributed by atoms with Crippen LogP contribution in [0.4, 0.5) is 0 Å². The molecule has 2 atom stereocenters. The molecule has 4 heteroatoms. The van der Waals surface area contributed by atoms with E-state index in [2.05, 4.69) is 41.5 Å². The molecule has 1 aliphatic rings. The lowest BCUT2D eigenvalue weighted by molar-refractivity contribution is 0.204. The third-order valence-electron chi connectivity index (χ3n) is 3.29. The molecule has 0 saturated heterocycles. The van der Waals surface area contributed by atoms with Gasteiger partial charge in [-0.2, -0.15) is 5.10 Å². The Morgan fingerprint density at radius 2 is 1.94 bits per heavy atom. The van der Waals surface area contributed by atoms with Gasteiger partial charge in [-0.25, -0.2) is 4.68 Å². The van der Waals surface area contributed by atoms with Crippen LogP contribution in [0.1, 0.15) is 39.2 Å². The average molecular weight is 332 g/mol. The van der Waals surface area contributed by atoms with E-state index in [1.165, 1.54) is 6.42 Å². The van der Waals surface area contributed by atoms with Gasteiger partial charge < -0.3 is 0 Å². The lowest BCUT2D eigenvalue weighted by atomic mass is 9.80. The van der Waals surface area contributed by atoms with Crippen molar-refractivity contribution in [2.24, 2.45) is 11.8 Å². The molecule has 88 valence electrons. The van der Waals surface area contributed by atoms with Crippen LogP contribution in [0.5, 0.6) is 0 Å². The molecular formula is C12H17IN2O. The molecule has 0 amide bonds. The minimum Gasteiger partial charge on any atom is -0.268 e. The molecule has 0 spiro atoms. The second-order valence-corrected chi connectivity index (χ2v) is 6.27. The second kappa shape index (κ2) is 4.85. The topological polar surface area (TPSA) is 34.9 Å². The summed E-state index contributed by atoms with van der Waals surface area (Å²) in [5, 5.41) is 4.27. The monoisotopic (exact) mass is 332 g/mol. The van der Waals surface area contributed by atoms with E-state index in [4.69, 9.17) is 0 Å². The van der Waals surface area contributed by atoms with Crippen LogP contribution in [0.15, 0.2) is 17.1 Å². The molecule has 2 unspecified atom stereocenters. The first-order valence-corrected chi connectivity index (χ1v) is 6.88. The molecular weight excluding hydrogens is 315 g/mol. The Balaban J connectivity index is 2.26. The zero-order valence-electron chi connectivity index (χ0n) is 9.69. The van der Waals surface area contributed by atoms with Crippen LogP contribution in [-0.2, 0) is 0 Å². The molecule has 0 N–H and O–H groups in total. The highest BCUT2D eigenvalue weighted by Gasteiger charge is 2.26. The summed E-state index contributed by atoms with van der Waals surface area (Å²) in [7, 11) is 0. The van der Waals surface area contributed by atoms with Crippen molar-refractivity contribution in [2.45, 2.75) is 39.2 Å². The van der Waals surface area contributed by atoms with Gasteiger partial charge in [-0.1, -0.05) is 13.8 Å². The van der Waals surface area contributed by atoms with Crippen molar-refractivity contribution >= 4 is 22.6 Å². The van der Waals surface area contributed by atoms with Gasteiger partial charge in [-0.15, -0.1) is 0 Å². The van der Waals surface area contributed by atoms with Crippen LogP contribution in [0.2, 0.25) is 0 Å². The van der Waals surface area contributed by atoms with Crippen molar-refractivity contribution in [3.63, 3.8) is 0 Å². The summed E-state index contributed by atoms with van der Waals surface area (Å²) in [6.07, 6.45) is 5.21. The molecule has 1 aromatic heterocycles. The standard InChI is InChI=1S/C12H17IN2O/c1-8-3-9(2)5-11(4-8)15-12(16)6-10(13)7-14-15/h6-9,11H,3-5H2,1-2H3. The van der Waals surface area contributed by atoms with Crippen LogP contribution in [-0.4, -0.2) is 9.78 Å². The zero-order valence-corrected chi connectivity index (χ0v) is 11.8. The van der Waals surface area contributed by atoms with Crippen LogP contribution >= 0.6 is 22.6 Å². The van der Waals surface area contributed by atoms with Crippen LogP contribution < -0.4 is 5.56 Å². The summed E-state index contributed by atoms with van der Waals surface area (Å²) < 4.78 is 2.59. The summed E-state index contributed by atoms with van der Waals surface area (Å²) in [6, 6.07) is 1.96. The summed E-state index contributed by atoms with van der Waals surface area (Å²) in [5.41, 5.74) is 0.0400. The number of hydrogen-bond donors (Lipinski definition) is 0. The van der Waals surface area contributed by atoms with Crippen LogP contribution in [0.3, 0.4) is 0 Å². The molecule has 1 fully saturated rings. The first kappa shape index (κ1) is 12.1. The van der Waals surface area contributed by atoms with E-state index in [9.17, 15) is 4.79 Å². The van der Waals surface area contributed by atoms with Gasteiger partial charge in [0.05, 0.1) is 12.2 Å². The maximum absolute atomic E-state index is 11.8. The highest BCUT2D eigenvalue weighted by Crippen LogP contribution is 2.34. The smallest absolute Gasteiger partial charge is 0.268 e. The van der Waals surface area contributed by atoms with E-state index in [-0.39, 0.29) is 5.56 Å². The summed E-state index contributed by atoms with van der Waals surface area (Å²) in [6.45, 7) is 4.53. The first-order valence-electron chi connectivity index (χ1n) is 5.80. The van der Waals surface area contributed by atoms with Crippen molar-refractivity contribution in [1.82, 2.24) is 9.78 Å². The van der Waals surface area contributed by atoms with Crippen LogP contribution in [0, 0.1) is 15.4 Å². The molecule has 1 aromatic rings. The Labute approximate surface area is 109 Å². The second-order valence-electron chi connectivity index (χ2n) is 5.03. The number of rotatable bonds is 1. The molecule has 2 rings (SSSR count). The molecule has 0 aromatic carbocycles. The number of hydrogen-bond acceptors (Lipinski definition) is 2. The lowest BCUT2D eigenvalue weighted by Gasteiger charge is -2.31. The fourth-order valence-corrected chi connectivity index (χ4v) is 3.16. The van der Waals surface area contributed by atoms with E-state index in [0.29, 0.717) is 17.9 Å². The van der Waals surface area contributed by atoms with Gasteiger partial charge in [0, 0.05) is 9.64 Å². The van der Waals surface area contributed by atoms with Crippen molar-refractivity contribution in [2.75, 3.05) is 0 Å². The first-order chi connectivity index (χ1) is 7.56. The fraction of sp³-hybridized carbons (Fsp3) is 0.667. The molecule has 16 heavy (non-hydrogen) atoms. The minimum atomic E-state index is 0.0400. The van der Waals surface area contributed by atoms with E-state index in [1.807, 2.05) is 0 Å². The predicted molar refractivity (Wildman–Crippen MR) is 72.4 cm³/mol. The van der Waals surface area contributed by atoms with E-state index in [0.717, 1.165) is 16.4 Å². The minimum absolute atomic E-state index is 0.0400. The maximum Gasteiger partial charge on any atom is 0.268 e. The average Bonchev–Trinajstić information content (AvgIpc) is 2.15. The Hall–Kier alpha value is -0.390. The quantitative estimate of drug-likeness (QED) is 0.742. The number of aromatic nitrogens is 2. The summed E-state index contributed by atoms with van der Waals surface area (Å²) in [5.74, 6) is 1.39. The molecule has 1 heterocycles. The van der Waals surface area contributed by atoms with Crippen molar-refractivity contribution in [3.8, 4) is 0 Å². The molecule has 1 aliphatic carbocycles. The predicted octanol–water partition coefficient (Wildman–Crippen LogP) is 2.85. The van der Waals surface area contributed by atoms with Gasteiger partial charge in [0.25, 0.3) is 5.56 Å². The third kappa shape index (κ3) is 2.64. The largest absolute Gasteiger partial charge is 0.268 e. The van der Waals surface area contributed by atoms with E-state index >= 15 is 0 Å². The SMILES string of the molecule is CC1CC(C)CC(n2ncc(I)cc2=O)C1. The zero-order chi connectivity index (χ0) is 11.7. The Morgan fingerprint density at radius 1 is 1.31 bits per heavy atom. The van der Waals surface area contributed by atoms with Crippen LogP contribution in [0.25, 0.3) is 0 Å². The molecule has 0 bridgehead atoms. The summed E-state index contributed by atoms with van der Waals surface area (Å²) >= 11 is 2.13. The van der Waals surface area contributed by atoms with Crippen molar-refractivity contribution in [1.29, 1.82) is 0 Å². The highest BCUT2D eigenvalue weighted by atomic mass is 127. The highest BCUT2D eigenvalue weighted by molar-refractivity contribution is 14.1. The molecule has 0 radical (unpaired) electrons. The third-order valence-corrected chi connectivity index (χ3v) is 3.88. The summed E-state index contributed by atoms with van der Waals surface area (Å²) in [4.78, 5) is 11.8. The normalized spacial score (nSPS) is 30.3. The van der Waals surface area contributed by atoms with Gasteiger partial charge in [-0.05, 0) is 53.7 Å². The molecule has 1 saturated carbocycles. The van der Waals surface area contributed by atoms with Gasteiger partial charge in [-0.3, -0.25) is 4.79 Å². The Kier molecular flexibility index (Phi) is 3.66. The van der Waals surface area contributed by atoms with E-state index < -0.39 is 0 Å². The van der Waals surface area contributed by atoms with Crippen molar-refractivity contribution < 1.29 is 0 Å². The van der Waals surface area contributed by atoms with Gasteiger partial charge in [0.1, 0.15) is 0 Å². The van der Waals surface area contributed by atoms with Gasteiger partial charge in [0.2, 0.25) is 0 Å². The van der Waals surface area contributed by atoms with E-state index in [1.54, 1.807) is 16.9 Å². The molecule has 3 nitrogen and oxygen atoms in total. The number of halogens is 1. The lowest BCUT2D eigenvalue weighted by Crippen LogP contribution is -2.32. The van der Waals surface area contributed by atoms with Crippen molar-refractivity contribution in [3.05, 3.63) is 26.2 Å².